The average Bonchev–Trinajstić information content (AvgIpc) is 3.10. The maximum atomic E-state index is 12.6. The van der Waals surface area contributed by atoms with Gasteiger partial charge in [0.15, 0.2) is 0 Å². The lowest BCUT2D eigenvalue weighted by Gasteiger charge is -2.24. The van der Waals surface area contributed by atoms with E-state index in [-0.39, 0.29) is 17.9 Å². The van der Waals surface area contributed by atoms with Crippen LogP contribution < -0.4 is 10.6 Å². The number of amides is 2. The van der Waals surface area contributed by atoms with Gasteiger partial charge in [-0.15, -0.1) is 0 Å². The van der Waals surface area contributed by atoms with E-state index in [1.54, 1.807) is 7.05 Å². The number of likely N-dealkylation sites (tertiary alicyclic amines) is 1. The minimum atomic E-state index is -0.462. The summed E-state index contributed by atoms with van der Waals surface area (Å²) in [6.45, 7) is 3.08. The Morgan fingerprint density at radius 3 is 2.86 bits per heavy atom. The maximum Gasteiger partial charge on any atom is 0.245 e. The highest BCUT2D eigenvalue weighted by Gasteiger charge is 2.43. The number of nitrogens with one attached hydrogen (secondary N) is 2. The van der Waals surface area contributed by atoms with Crippen molar-refractivity contribution in [2.24, 2.45) is 5.41 Å². The van der Waals surface area contributed by atoms with Gasteiger partial charge in [-0.25, -0.2) is 0 Å². The number of anilines is 1. The van der Waals surface area contributed by atoms with Crippen LogP contribution in [0.3, 0.4) is 0 Å². The molecular formula is C16H21N3O2. The molecule has 5 nitrogen and oxygen atoms in total. The fraction of sp³-hybridized carbons (Fsp3) is 0.500. The monoisotopic (exact) mass is 287 g/mol. The molecule has 0 bridgehead atoms. The third-order valence-electron chi connectivity index (χ3n) is 4.63. The maximum absolute atomic E-state index is 12.6. The van der Waals surface area contributed by atoms with Crippen LogP contribution in [0.25, 0.3) is 0 Å². The van der Waals surface area contributed by atoms with Crippen LogP contribution >= 0.6 is 0 Å². The molecule has 2 heterocycles. The fourth-order valence-corrected chi connectivity index (χ4v) is 3.30. The zero-order chi connectivity index (χ0) is 15.0. The molecule has 1 fully saturated rings. The summed E-state index contributed by atoms with van der Waals surface area (Å²) >= 11 is 0. The lowest BCUT2D eigenvalue weighted by molar-refractivity contribution is -0.133. The molecule has 21 heavy (non-hydrogen) atoms. The van der Waals surface area contributed by atoms with E-state index in [1.165, 1.54) is 5.56 Å². The van der Waals surface area contributed by atoms with E-state index in [1.807, 2.05) is 36.1 Å². The predicted molar refractivity (Wildman–Crippen MR) is 80.9 cm³/mol. The number of hydrogen-bond donors (Lipinski definition) is 2. The van der Waals surface area contributed by atoms with E-state index >= 15 is 0 Å². The summed E-state index contributed by atoms with van der Waals surface area (Å²) in [7, 11) is 1.65. The molecule has 0 aliphatic carbocycles. The fourth-order valence-electron chi connectivity index (χ4n) is 3.30. The highest BCUT2D eigenvalue weighted by Crippen LogP contribution is 2.32. The zero-order valence-corrected chi connectivity index (χ0v) is 12.5. The highest BCUT2D eigenvalue weighted by atomic mass is 16.2. The van der Waals surface area contributed by atoms with Crippen molar-refractivity contribution in [2.75, 3.05) is 25.5 Å². The van der Waals surface area contributed by atoms with Crippen molar-refractivity contribution in [3.05, 3.63) is 29.8 Å². The molecular weight excluding hydrogens is 266 g/mol. The number of benzene rings is 1. The van der Waals surface area contributed by atoms with Gasteiger partial charge in [0, 0.05) is 32.2 Å². The van der Waals surface area contributed by atoms with E-state index in [0.717, 1.165) is 18.5 Å². The van der Waals surface area contributed by atoms with Crippen molar-refractivity contribution < 1.29 is 9.59 Å². The average molecular weight is 287 g/mol. The molecule has 1 aromatic carbocycles. The first-order valence-electron chi connectivity index (χ1n) is 7.39. The molecule has 1 aromatic rings. The molecule has 2 amide bonds. The second-order valence-corrected chi connectivity index (χ2v) is 6.21. The first-order valence-corrected chi connectivity index (χ1v) is 7.39. The molecule has 0 saturated carbocycles. The summed E-state index contributed by atoms with van der Waals surface area (Å²) in [6.07, 6.45) is 1.44. The normalized spacial score (nSPS) is 27.1. The summed E-state index contributed by atoms with van der Waals surface area (Å²) in [5.74, 6) is 0.110. The van der Waals surface area contributed by atoms with E-state index in [4.69, 9.17) is 0 Å². The number of para-hydroxylation sites is 1. The molecule has 0 radical (unpaired) electrons. The first-order chi connectivity index (χ1) is 10.0. The standard InChI is InChI=1S/C16H21N3O2/c1-16(15(21)17-2)7-8-19(10-16)14(20)13-9-11-5-3-4-6-12(11)18-13/h3-6,13,18H,7-10H2,1-2H3,(H,17,21)/t13-,16?/m0/s1. The lowest BCUT2D eigenvalue weighted by atomic mass is 9.89. The molecule has 2 N–H and O–H groups in total. The molecule has 5 heteroatoms. The predicted octanol–water partition coefficient (Wildman–Crippen LogP) is 1.01. The molecule has 3 rings (SSSR count). The van der Waals surface area contributed by atoms with Crippen LogP contribution in [0.4, 0.5) is 5.69 Å². The molecule has 1 saturated heterocycles. The minimum absolute atomic E-state index is 0.0143. The highest BCUT2D eigenvalue weighted by molar-refractivity contribution is 5.89. The third-order valence-corrected chi connectivity index (χ3v) is 4.63. The van der Waals surface area contributed by atoms with Gasteiger partial charge in [-0.05, 0) is 25.0 Å². The molecule has 2 aliphatic rings. The number of carbonyl (C=O) groups excluding carboxylic acids is 2. The van der Waals surface area contributed by atoms with Crippen LogP contribution in [0.2, 0.25) is 0 Å². The molecule has 0 spiro atoms. The van der Waals surface area contributed by atoms with E-state index in [0.29, 0.717) is 13.1 Å². The summed E-state index contributed by atoms with van der Waals surface area (Å²) < 4.78 is 0. The number of fused-ring (bicyclic) bond motifs is 1. The van der Waals surface area contributed by atoms with Crippen molar-refractivity contribution in [3.8, 4) is 0 Å². The van der Waals surface area contributed by atoms with Crippen molar-refractivity contribution in [2.45, 2.75) is 25.8 Å². The molecule has 112 valence electrons. The summed E-state index contributed by atoms with van der Waals surface area (Å²) in [6, 6.07) is 7.81. The first kappa shape index (κ1) is 13.9. The number of carbonyl (C=O) groups is 2. The Bertz CT molecular complexity index is 562. The van der Waals surface area contributed by atoms with Gasteiger partial charge in [0.1, 0.15) is 6.04 Å². The Kier molecular flexibility index (Phi) is 3.35. The van der Waals surface area contributed by atoms with Crippen LogP contribution in [0.5, 0.6) is 0 Å². The van der Waals surface area contributed by atoms with Gasteiger partial charge in [-0.3, -0.25) is 9.59 Å². The third kappa shape index (κ3) is 2.37. The molecule has 2 atom stereocenters. The minimum Gasteiger partial charge on any atom is -0.373 e. The van der Waals surface area contributed by atoms with Gasteiger partial charge in [0.2, 0.25) is 11.8 Å². The van der Waals surface area contributed by atoms with Gasteiger partial charge >= 0.3 is 0 Å². The second-order valence-electron chi connectivity index (χ2n) is 6.21. The zero-order valence-electron chi connectivity index (χ0n) is 12.5. The smallest absolute Gasteiger partial charge is 0.245 e. The summed E-state index contributed by atoms with van der Waals surface area (Å²) in [5, 5.41) is 5.99. The molecule has 2 aliphatic heterocycles. The summed E-state index contributed by atoms with van der Waals surface area (Å²) in [5.41, 5.74) is 1.77. The van der Waals surface area contributed by atoms with Gasteiger partial charge in [0.25, 0.3) is 0 Å². The van der Waals surface area contributed by atoms with Gasteiger partial charge in [-0.1, -0.05) is 18.2 Å². The van der Waals surface area contributed by atoms with Crippen LogP contribution in [-0.4, -0.2) is 42.9 Å². The molecule has 0 aromatic heterocycles. The van der Waals surface area contributed by atoms with Crippen LogP contribution in [0.15, 0.2) is 24.3 Å². The second kappa shape index (κ2) is 5.06. The Labute approximate surface area is 124 Å². The van der Waals surface area contributed by atoms with Crippen molar-refractivity contribution in [1.82, 2.24) is 10.2 Å². The Balaban J connectivity index is 1.67. The number of rotatable bonds is 2. The Hall–Kier alpha value is -2.04. The van der Waals surface area contributed by atoms with Gasteiger partial charge in [0.05, 0.1) is 5.41 Å². The van der Waals surface area contributed by atoms with Gasteiger partial charge in [-0.2, -0.15) is 0 Å². The quantitative estimate of drug-likeness (QED) is 0.853. The lowest BCUT2D eigenvalue weighted by Crippen LogP contribution is -2.44. The number of nitrogens with zero attached hydrogens (tertiary/aromatic N) is 1. The van der Waals surface area contributed by atoms with Crippen molar-refractivity contribution in [3.63, 3.8) is 0 Å². The van der Waals surface area contributed by atoms with E-state index < -0.39 is 5.41 Å². The SMILES string of the molecule is CNC(=O)C1(C)CCN(C(=O)[C@@H]2Cc3ccccc3N2)C1. The van der Waals surface area contributed by atoms with Crippen molar-refractivity contribution in [1.29, 1.82) is 0 Å². The summed E-state index contributed by atoms with van der Waals surface area (Å²) in [4.78, 5) is 26.4. The Morgan fingerprint density at radius 1 is 1.38 bits per heavy atom. The number of hydrogen-bond acceptors (Lipinski definition) is 3. The van der Waals surface area contributed by atoms with Crippen LogP contribution in [0.1, 0.15) is 18.9 Å². The Morgan fingerprint density at radius 2 is 2.14 bits per heavy atom. The van der Waals surface area contributed by atoms with E-state index in [9.17, 15) is 9.59 Å². The topological polar surface area (TPSA) is 61.4 Å². The van der Waals surface area contributed by atoms with Crippen LogP contribution in [-0.2, 0) is 16.0 Å². The van der Waals surface area contributed by atoms with E-state index in [2.05, 4.69) is 10.6 Å². The van der Waals surface area contributed by atoms with Gasteiger partial charge < -0.3 is 15.5 Å². The largest absolute Gasteiger partial charge is 0.373 e. The molecule has 1 unspecified atom stereocenters. The van der Waals surface area contributed by atoms with Crippen molar-refractivity contribution >= 4 is 17.5 Å². The van der Waals surface area contributed by atoms with Crippen LogP contribution in [0, 0.1) is 5.41 Å².